The fourth-order valence-corrected chi connectivity index (χ4v) is 5.74. The van der Waals surface area contributed by atoms with E-state index in [-0.39, 0.29) is 37.7 Å². The van der Waals surface area contributed by atoms with Crippen LogP contribution in [-0.4, -0.2) is 77.2 Å². The maximum Gasteiger partial charge on any atom is 0.246 e. The van der Waals surface area contributed by atoms with Crippen molar-refractivity contribution < 1.29 is 23.6 Å². The first-order valence-corrected chi connectivity index (χ1v) is 14.8. The maximum atomic E-state index is 14.0. The van der Waals surface area contributed by atoms with Crippen LogP contribution >= 0.6 is 23.2 Å². The van der Waals surface area contributed by atoms with E-state index >= 15 is 0 Å². The van der Waals surface area contributed by atoms with Gasteiger partial charge in [-0.1, -0.05) is 54.7 Å². The predicted octanol–water partition coefficient (Wildman–Crippen LogP) is 2.85. The van der Waals surface area contributed by atoms with Gasteiger partial charge in [-0.3, -0.25) is 19.2 Å². The van der Waals surface area contributed by atoms with E-state index in [0.29, 0.717) is 46.9 Å². The molecule has 3 atom stereocenters. The third-order valence-electron chi connectivity index (χ3n) is 7.92. The molecule has 1 aliphatic carbocycles. The number of piperazine rings is 1. The number of carbonyl (C=O) groups excluding carboxylic acids is 4. The molecular weight excluding hydrogens is 584 g/mol. The van der Waals surface area contributed by atoms with Gasteiger partial charge in [0.15, 0.2) is 0 Å². The summed E-state index contributed by atoms with van der Waals surface area (Å²) in [6.07, 6.45) is 2.26. The third kappa shape index (κ3) is 7.22. The molecule has 1 aliphatic heterocycles. The van der Waals surface area contributed by atoms with Crippen molar-refractivity contribution in [3.63, 3.8) is 0 Å². The Kier molecular flexibility index (Phi) is 10.1. The van der Waals surface area contributed by atoms with Crippen molar-refractivity contribution in [1.82, 2.24) is 20.4 Å². The smallest absolute Gasteiger partial charge is 0.246 e. The lowest BCUT2D eigenvalue weighted by Crippen LogP contribution is -2.66. The van der Waals surface area contributed by atoms with Gasteiger partial charge < -0.3 is 26.2 Å². The van der Waals surface area contributed by atoms with Gasteiger partial charge in [0.2, 0.25) is 23.6 Å². The van der Waals surface area contributed by atoms with Crippen LogP contribution in [0.25, 0.3) is 0 Å². The Balaban J connectivity index is 1.59. The van der Waals surface area contributed by atoms with E-state index in [0.717, 1.165) is 0 Å². The summed E-state index contributed by atoms with van der Waals surface area (Å²) in [5.41, 5.74) is 6.39. The summed E-state index contributed by atoms with van der Waals surface area (Å²) >= 11 is 12.4. The molecule has 2 aromatic rings. The molecule has 0 bridgehead atoms. The number of hydrogen-bond acceptors (Lipinski definition) is 5. The molecule has 4 N–H and O–H groups in total. The Labute approximate surface area is 254 Å². The van der Waals surface area contributed by atoms with Gasteiger partial charge in [-0.2, -0.15) is 0 Å². The topological polar surface area (TPSA) is 125 Å². The van der Waals surface area contributed by atoms with Crippen LogP contribution < -0.4 is 16.4 Å². The summed E-state index contributed by atoms with van der Waals surface area (Å²) in [4.78, 5) is 56.9. The Bertz CT molecular complexity index is 1340. The van der Waals surface area contributed by atoms with Crippen LogP contribution in [0.15, 0.2) is 42.5 Å². The van der Waals surface area contributed by atoms with Crippen molar-refractivity contribution in [1.29, 1.82) is 0 Å². The molecule has 2 fully saturated rings. The van der Waals surface area contributed by atoms with Gasteiger partial charge in [0.25, 0.3) is 0 Å². The molecule has 4 rings (SSSR count). The zero-order chi connectivity index (χ0) is 30.6. The minimum atomic E-state index is -1.01. The monoisotopic (exact) mass is 619 g/mol. The van der Waals surface area contributed by atoms with Crippen LogP contribution in [0.1, 0.15) is 43.7 Å². The van der Waals surface area contributed by atoms with Crippen molar-refractivity contribution in [2.24, 2.45) is 5.73 Å². The van der Waals surface area contributed by atoms with Crippen LogP contribution in [0.3, 0.4) is 0 Å². The first-order valence-electron chi connectivity index (χ1n) is 14.1. The van der Waals surface area contributed by atoms with Gasteiger partial charge >= 0.3 is 0 Å². The Morgan fingerprint density at radius 2 is 1.79 bits per heavy atom. The number of rotatable bonds is 11. The SMILES string of the molecule is CCCC1C(=O)N(C(Cc2ccc(Cl)cc2Cl)C(=O)NC)CCN1C(=O)C(Cc1ccc(F)cc1)NC(=O)C1(N)CC1. The molecule has 0 spiro atoms. The molecule has 1 heterocycles. The molecule has 0 aromatic heterocycles. The van der Waals surface area contributed by atoms with Gasteiger partial charge in [-0.15, -0.1) is 0 Å². The number of carbonyl (C=O) groups is 4. The lowest BCUT2D eigenvalue weighted by Gasteiger charge is -2.44. The molecule has 12 heteroatoms. The number of halogens is 3. The number of nitrogens with zero attached hydrogens (tertiary/aromatic N) is 2. The van der Waals surface area contributed by atoms with Crippen LogP contribution in [0.5, 0.6) is 0 Å². The summed E-state index contributed by atoms with van der Waals surface area (Å²) < 4.78 is 13.5. The minimum Gasteiger partial charge on any atom is -0.357 e. The zero-order valence-corrected chi connectivity index (χ0v) is 25.2. The number of nitrogens with one attached hydrogen (secondary N) is 2. The summed E-state index contributed by atoms with van der Waals surface area (Å²) in [7, 11) is 1.50. The Hall–Kier alpha value is -3.21. The van der Waals surface area contributed by atoms with Gasteiger partial charge in [0, 0.05) is 43.0 Å². The lowest BCUT2D eigenvalue weighted by molar-refractivity contribution is -0.157. The largest absolute Gasteiger partial charge is 0.357 e. The molecule has 0 radical (unpaired) electrons. The molecule has 2 aliphatic rings. The highest BCUT2D eigenvalue weighted by Gasteiger charge is 2.48. The lowest BCUT2D eigenvalue weighted by atomic mass is 9.97. The fraction of sp³-hybridized carbons (Fsp3) is 0.467. The van der Waals surface area contributed by atoms with Crippen LogP contribution in [-0.2, 0) is 32.0 Å². The molecule has 1 saturated carbocycles. The first kappa shape index (κ1) is 31.7. The quantitative estimate of drug-likeness (QED) is 0.357. The number of nitrogens with two attached hydrogens (primary N) is 1. The molecular formula is C30H36Cl2FN5O4. The number of benzene rings is 2. The van der Waals surface area contributed by atoms with Crippen LogP contribution in [0.4, 0.5) is 4.39 Å². The molecule has 3 unspecified atom stereocenters. The molecule has 42 heavy (non-hydrogen) atoms. The number of hydrogen-bond donors (Lipinski definition) is 3. The molecule has 9 nitrogen and oxygen atoms in total. The maximum absolute atomic E-state index is 14.0. The fourth-order valence-electron chi connectivity index (χ4n) is 5.26. The van der Waals surface area contributed by atoms with Gasteiger partial charge in [0.05, 0.1) is 5.54 Å². The second kappa shape index (κ2) is 13.4. The summed E-state index contributed by atoms with van der Waals surface area (Å²) in [5, 5.41) is 6.28. The predicted molar refractivity (Wildman–Crippen MR) is 158 cm³/mol. The summed E-state index contributed by atoms with van der Waals surface area (Å²) in [6.45, 7) is 2.16. The van der Waals surface area contributed by atoms with Crippen molar-refractivity contribution in [2.45, 2.75) is 69.1 Å². The average Bonchev–Trinajstić information content (AvgIpc) is 3.72. The van der Waals surface area contributed by atoms with Gasteiger partial charge in [0.1, 0.15) is 23.9 Å². The highest BCUT2D eigenvalue weighted by molar-refractivity contribution is 6.35. The summed E-state index contributed by atoms with van der Waals surface area (Å²) in [6, 6.07) is 7.95. The normalized spacial score (nSPS) is 19.2. The van der Waals surface area contributed by atoms with Crippen molar-refractivity contribution >= 4 is 46.8 Å². The molecule has 1 saturated heterocycles. The Morgan fingerprint density at radius 3 is 2.38 bits per heavy atom. The first-order chi connectivity index (χ1) is 20.0. The minimum absolute atomic E-state index is 0.101. The zero-order valence-electron chi connectivity index (χ0n) is 23.7. The molecule has 226 valence electrons. The highest BCUT2D eigenvalue weighted by atomic mass is 35.5. The van der Waals surface area contributed by atoms with E-state index in [9.17, 15) is 23.6 Å². The number of likely N-dealkylation sites (N-methyl/N-ethyl adjacent to an activating group) is 1. The third-order valence-corrected chi connectivity index (χ3v) is 8.51. The van der Waals surface area contributed by atoms with E-state index in [1.165, 1.54) is 29.0 Å². The van der Waals surface area contributed by atoms with Crippen LogP contribution in [0.2, 0.25) is 10.0 Å². The second-order valence-corrected chi connectivity index (χ2v) is 11.8. The number of amides is 4. The highest BCUT2D eigenvalue weighted by Crippen LogP contribution is 2.32. The van der Waals surface area contributed by atoms with E-state index in [2.05, 4.69) is 10.6 Å². The van der Waals surface area contributed by atoms with E-state index in [4.69, 9.17) is 28.9 Å². The van der Waals surface area contributed by atoms with E-state index < -0.39 is 41.3 Å². The van der Waals surface area contributed by atoms with Gasteiger partial charge in [-0.25, -0.2) is 4.39 Å². The van der Waals surface area contributed by atoms with Crippen molar-refractivity contribution in [3.05, 3.63) is 69.5 Å². The Morgan fingerprint density at radius 1 is 1.10 bits per heavy atom. The standard InChI is InChI=1S/C30H36Cl2FN5O4/c1-3-4-24-28(41)38(25(26(39)35-2)16-19-7-8-20(31)17-22(19)32)14-13-37(24)27(40)23(36-29(42)30(34)11-12-30)15-18-5-9-21(33)10-6-18/h5-10,17,23-25H,3-4,11-16,34H2,1-2H3,(H,35,39)(H,36,42). The van der Waals surface area contributed by atoms with Crippen molar-refractivity contribution in [3.8, 4) is 0 Å². The van der Waals surface area contributed by atoms with Gasteiger partial charge in [-0.05, 0) is 54.7 Å². The van der Waals surface area contributed by atoms with E-state index in [1.807, 2.05) is 6.92 Å². The molecule has 2 aromatic carbocycles. The van der Waals surface area contributed by atoms with Crippen LogP contribution in [0, 0.1) is 5.82 Å². The average molecular weight is 621 g/mol. The molecule has 4 amide bonds. The second-order valence-electron chi connectivity index (χ2n) is 11.0. The summed E-state index contributed by atoms with van der Waals surface area (Å²) in [5.74, 6) is -2.00. The van der Waals surface area contributed by atoms with E-state index in [1.54, 1.807) is 30.3 Å². The van der Waals surface area contributed by atoms with Crippen molar-refractivity contribution in [2.75, 3.05) is 20.1 Å².